The molecule has 0 aromatic heterocycles. The number of rotatable bonds is 5. The molecular formula is C19H22INO5. The maximum Gasteiger partial charge on any atom is 0.266 e. The maximum atomic E-state index is 12.6. The van der Waals surface area contributed by atoms with Gasteiger partial charge in [-0.05, 0) is 26.0 Å². The van der Waals surface area contributed by atoms with Crippen molar-refractivity contribution in [1.82, 2.24) is 4.90 Å². The molecule has 6 nitrogen and oxygen atoms in total. The van der Waals surface area contributed by atoms with E-state index in [1.54, 1.807) is 11.0 Å². The van der Waals surface area contributed by atoms with Crippen molar-refractivity contribution in [3.8, 4) is 5.75 Å². The van der Waals surface area contributed by atoms with Crippen molar-refractivity contribution in [3.63, 3.8) is 0 Å². The maximum absolute atomic E-state index is 12.6. The summed E-state index contributed by atoms with van der Waals surface area (Å²) in [4.78, 5) is 14.4. The summed E-state index contributed by atoms with van der Waals surface area (Å²) in [6.45, 7) is 7.98. The van der Waals surface area contributed by atoms with Crippen LogP contribution in [0.1, 0.15) is 13.8 Å². The summed E-state index contributed by atoms with van der Waals surface area (Å²) in [5.74, 6) is -0.0315. The smallest absolute Gasteiger partial charge is 0.266 e. The Hall–Kier alpha value is -1.16. The number of carbonyl (C=O) groups is 1. The first kappa shape index (κ1) is 18.2. The third-order valence-electron chi connectivity index (χ3n) is 4.87. The minimum atomic E-state index is -0.653. The van der Waals surface area contributed by atoms with E-state index >= 15 is 0 Å². The Bertz CT molecular complexity index is 696. The van der Waals surface area contributed by atoms with E-state index in [9.17, 15) is 4.79 Å². The number of β-lactam (4-membered cyclic amide) rings is 1. The lowest BCUT2D eigenvalue weighted by atomic mass is 9.90. The van der Waals surface area contributed by atoms with Gasteiger partial charge in [0.05, 0.1) is 10.0 Å². The van der Waals surface area contributed by atoms with Gasteiger partial charge in [-0.1, -0.05) is 46.9 Å². The molecule has 0 radical (unpaired) electrons. The van der Waals surface area contributed by atoms with Gasteiger partial charge in [-0.3, -0.25) is 4.79 Å². The molecule has 3 heterocycles. The monoisotopic (exact) mass is 471 g/mol. The third kappa shape index (κ3) is 3.04. The van der Waals surface area contributed by atoms with Crippen molar-refractivity contribution in [2.24, 2.45) is 0 Å². The number of alkyl halides is 1. The number of fused-ring (bicyclic) bond motifs is 1. The molecule has 26 heavy (non-hydrogen) atoms. The topological polar surface area (TPSA) is 57.2 Å². The van der Waals surface area contributed by atoms with E-state index in [-0.39, 0.29) is 28.1 Å². The molecule has 0 N–H and O–H groups in total. The van der Waals surface area contributed by atoms with Crippen LogP contribution in [0.4, 0.5) is 0 Å². The summed E-state index contributed by atoms with van der Waals surface area (Å²) in [6, 6.07) is 9.17. The van der Waals surface area contributed by atoms with Crippen LogP contribution >= 0.6 is 22.6 Å². The van der Waals surface area contributed by atoms with Gasteiger partial charge in [0.15, 0.2) is 18.2 Å². The largest absolute Gasteiger partial charge is 0.478 e. The zero-order valence-electron chi connectivity index (χ0n) is 14.7. The first-order valence-electron chi connectivity index (χ1n) is 8.69. The fourth-order valence-electron chi connectivity index (χ4n) is 3.77. The number of amides is 1. The molecular weight excluding hydrogens is 449 g/mol. The van der Waals surface area contributed by atoms with Gasteiger partial charge in [0.25, 0.3) is 5.91 Å². The Labute approximate surface area is 166 Å². The van der Waals surface area contributed by atoms with E-state index in [0.717, 1.165) is 0 Å². The molecule has 3 saturated heterocycles. The summed E-state index contributed by atoms with van der Waals surface area (Å²) >= 11 is 2.34. The lowest BCUT2D eigenvalue weighted by Gasteiger charge is -2.49. The van der Waals surface area contributed by atoms with E-state index in [1.165, 1.54) is 0 Å². The van der Waals surface area contributed by atoms with Crippen molar-refractivity contribution < 1.29 is 23.7 Å². The fraction of sp³-hybridized carbons (Fsp3) is 0.526. The minimum absolute atomic E-state index is 0.0478. The molecule has 1 aromatic rings. The van der Waals surface area contributed by atoms with Gasteiger partial charge in [-0.25, -0.2) is 0 Å². The Balaban J connectivity index is 1.54. The van der Waals surface area contributed by atoms with Gasteiger partial charge in [0.2, 0.25) is 0 Å². The molecule has 7 heteroatoms. The van der Waals surface area contributed by atoms with Gasteiger partial charge in [-0.15, -0.1) is 6.58 Å². The van der Waals surface area contributed by atoms with Crippen LogP contribution in [0.25, 0.3) is 0 Å². The number of para-hydroxylation sites is 1. The van der Waals surface area contributed by atoms with Crippen LogP contribution in [0.3, 0.4) is 0 Å². The van der Waals surface area contributed by atoms with Crippen LogP contribution < -0.4 is 4.74 Å². The van der Waals surface area contributed by atoms with E-state index in [4.69, 9.17) is 18.9 Å². The van der Waals surface area contributed by atoms with Gasteiger partial charge in [0, 0.05) is 6.54 Å². The Morgan fingerprint density at radius 1 is 1.27 bits per heavy atom. The number of ether oxygens (including phenoxy) is 4. The molecule has 1 amide bonds. The molecule has 0 unspecified atom stereocenters. The number of nitrogens with zero attached hydrogens (tertiary/aromatic N) is 1. The van der Waals surface area contributed by atoms with E-state index in [1.807, 2.05) is 44.2 Å². The Kier molecular flexibility index (Phi) is 4.75. The van der Waals surface area contributed by atoms with Crippen LogP contribution in [0.2, 0.25) is 0 Å². The number of halogens is 1. The van der Waals surface area contributed by atoms with Crippen molar-refractivity contribution in [2.75, 3.05) is 6.54 Å². The molecule has 3 aliphatic rings. The number of hydrogen-bond acceptors (Lipinski definition) is 5. The number of carbonyl (C=O) groups excluding carboxylic acids is 1. The highest BCUT2D eigenvalue weighted by Crippen LogP contribution is 2.44. The highest BCUT2D eigenvalue weighted by Gasteiger charge is 2.62. The van der Waals surface area contributed by atoms with Crippen LogP contribution in [0, 0.1) is 0 Å². The summed E-state index contributed by atoms with van der Waals surface area (Å²) < 4.78 is 24.0. The zero-order chi connectivity index (χ0) is 18.5. The summed E-state index contributed by atoms with van der Waals surface area (Å²) in [6.07, 6.45) is 0.335. The van der Waals surface area contributed by atoms with Crippen LogP contribution in [-0.2, 0) is 19.0 Å². The first-order valence-corrected chi connectivity index (χ1v) is 9.94. The molecule has 3 aliphatic heterocycles. The van der Waals surface area contributed by atoms with Gasteiger partial charge >= 0.3 is 0 Å². The second-order valence-corrected chi connectivity index (χ2v) is 8.57. The van der Waals surface area contributed by atoms with E-state index in [2.05, 4.69) is 29.2 Å². The van der Waals surface area contributed by atoms with Gasteiger partial charge in [0.1, 0.15) is 17.9 Å². The predicted molar refractivity (Wildman–Crippen MR) is 103 cm³/mol. The molecule has 1 aromatic carbocycles. The van der Waals surface area contributed by atoms with Crippen LogP contribution in [0.15, 0.2) is 43.0 Å². The lowest BCUT2D eigenvalue weighted by molar-refractivity contribution is -0.220. The van der Waals surface area contributed by atoms with Crippen molar-refractivity contribution in [1.29, 1.82) is 0 Å². The molecule has 3 fully saturated rings. The zero-order valence-corrected chi connectivity index (χ0v) is 16.9. The highest BCUT2D eigenvalue weighted by atomic mass is 127. The summed E-state index contributed by atoms with van der Waals surface area (Å²) in [5, 5.41) is 0. The average molecular weight is 471 g/mol. The van der Waals surface area contributed by atoms with Crippen molar-refractivity contribution in [2.45, 2.75) is 54.2 Å². The SMILES string of the molecule is C=CCN1C(=O)[C@@H](Oc2ccccc2)[C@H]1[C@H]1O[C@@H]2OC(C)(C)O[C@@H]2[C@H]1I. The first-order chi connectivity index (χ1) is 12.4. The second kappa shape index (κ2) is 6.78. The molecule has 0 spiro atoms. The molecule has 0 saturated carbocycles. The lowest BCUT2D eigenvalue weighted by Crippen LogP contribution is -2.72. The third-order valence-corrected chi connectivity index (χ3v) is 6.29. The van der Waals surface area contributed by atoms with Crippen LogP contribution in [0.5, 0.6) is 5.75 Å². The molecule has 0 bridgehead atoms. The second-order valence-electron chi connectivity index (χ2n) is 7.14. The van der Waals surface area contributed by atoms with Crippen molar-refractivity contribution >= 4 is 28.5 Å². The average Bonchev–Trinajstić information content (AvgIpc) is 3.07. The Morgan fingerprint density at radius 3 is 2.65 bits per heavy atom. The van der Waals surface area contributed by atoms with Crippen LogP contribution in [-0.4, -0.2) is 57.7 Å². The number of likely N-dealkylation sites (tertiary alicyclic amines) is 1. The van der Waals surface area contributed by atoms with Crippen molar-refractivity contribution in [3.05, 3.63) is 43.0 Å². The number of benzene rings is 1. The predicted octanol–water partition coefficient (Wildman–Crippen LogP) is 2.51. The standard InChI is InChI=1S/C19H22INO5/c1-4-10-21-13(16(17(21)22)23-11-8-6-5-7-9-11)14-12(20)15-18(24-14)26-19(2,3)25-15/h4-9,12-16,18H,1,10H2,2-3H3/t12-,13+,14-,15+,16-,18+/m0/s1. The fourth-order valence-corrected chi connectivity index (χ4v) is 4.85. The summed E-state index contributed by atoms with van der Waals surface area (Å²) in [5.41, 5.74) is 0. The highest BCUT2D eigenvalue weighted by molar-refractivity contribution is 14.1. The normalized spacial score (nSPS) is 38.0. The minimum Gasteiger partial charge on any atom is -0.478 e. The molecule has 140 valence electrons. The quantitative estimate of drug-likeness (QED) is 0.286. The van der Waals surface area contributed by atoms with Gasteiger partial charge < -0.3 is 23.8 Å². The number of hydrogen-bond donors (Lipinski definition) is 0. The summed E-state index contributed by atoms with van der Waals surface area (Å²) in [7, 11) is 0. The molecule has 0 aliphatic carbocycles. The van der Waals surface area contributed by atoms with E-state index in [0.29, 0.717) is 12.3 Å². The Morgan fingerprint density at radius 2 is 2.00 bits per heavy atom. The van der Waals surface area contributed by atoms with E-state index < -0.39 is 18.2 Å². The van der Waals surface area contributed by atoms with Gasteiger partial charge in [-0.2, -0.15) is 0 Å². The molecule has 6 atom stereocenters. The molecule has 4 rings (SSSR count).